The Bertz CT molecular complexity index is 640. The first-order valence-corrected chi connectivity index (χ1v) is 9.93. The van der Waals surface area contributed by atoms with E-state index in [0.717, 1.165) is 29.8 Å². The fourth-order valence-electron chi connectivity index (χ4n) is 2.84. The summed E-state index contributed by atoms with van der Waals surface area (Å²) in [6, 6.07) is 3.45. The van der Waals surface area contributed by atoms with Gasteiger partial charge in [0.05, 0.1) is 14.6 Å². The maximum absolute atomic E-state index is 13.9. The van der Waals surface area contributed by atoms with Gasteiger partial charge in [0.15, 0.2) is 0 Å². The second-order valence-electron chi connectivity index (χ2n) is 5.39. The summed E-state index contributed by atoms with van der Waals surface area (Å²) in [4.78, 5) is 4.67. The number of imidazole rings is 1. The molecule has 2 aromatic rings. The molecule has 0 spiro atoms. The Labute approximate surface area is 147 Å². The fraction of sp³-hybridized carbons (Fsp3) is 0.533. The molecule has 0 unspecified atom stereocenters. The van der Waals surface area contributed by atoms with Gasteiger partial charge in [0.1, 0.15) is 11.6 Å². The molecule has 2 heterocycles. The standard InChI is InChI=1S/C15H17ClFIN2S/c16-4-1-15-19-13-8-12(18)11(17)7-14(13)20(15)9-10-2-5-21-6-3-10/h7-8,10H,1-6,9H2. The van der Waals surface area contributed by atoms with E-state index in [1.807, 2.05) is 40.4 Å². The lowest BCUT2D eigenvalue weighted by molar-refractivity contribution is 0.415. The Morgan fingerprint density at radius 1 is 1.38 bits per heavy atom. The summed E-state index contributed by atoms with van der Waals surface area (Å²) in [5.74, 6) is 4.49. The topological polar surface area (TPSA) is 17.8 Å². The monoisotopic (exact) mass is 438 g/mol. The quantitative estimate of drug-likeness (QED) is 0.508. The van der Waals surface area contributed by atoms with E-state index in [1.54, 1.807) is 6.07 Å². The molecular weight excluding hydrogens is 422 g/mol. The van der Waals surface area contributed by atoms with Crippen molar-refractivity contribution in [3.05, 3.63) is 27.3 Å². The van der Waals surface area contributed by atoms with Crippen LogP contribution in [0.2, 0.25) is 0 Å². The number of thioether (sulfide) groups is 1. The van der Waals surface area contributed by atoms with Crippen molar-refractivity contribution >= 4 is 57.0 Å². The molecule has 114 valence electrons. The van der Waals surface area contributed by atoms with Crippen molar-refractivity contribution < 1.29 is 4.39 Å². The summed E-state index contributed by atoms with van der Waals surface area (Å²) in [6.45, 7) is 0.934. The van der Waals surface area contributed by atoms with E-state index >= 15 is 0 Å². The van der Waals surface area contributed by atoms with Crippen molar-refractivity contribution in [1.82, 2.24) is 9.55 Å². The Morgan fingerprint density at radius 2 is 2.14 bits per heavy atom. The summed E-state index contributed by atoms with van der Waals surface area (Å²) in [7, 11) is 0. The smallest absolute Gasteiger partial charge is 0.138 e. The maximum Gasteiger partial charge on any atom is 0.138 e. The molecule has 0 atom stereocenters. The first-order chi connectivity index (χ1) is 10.2. The summed E-state index contributed by atoms with van der Waals surface area (Å²) in [5, 5.41) is 0. The molecule has 2 nitrogen and oxygen atoms in total. The molecule has 1 aromatic carbocycles. The number of aryl methyl sites for hydroxylation is 1. The third kappa shape index (κ3) is 3.50. The van der Waals surface area contributed by atoms with Crippen molar-refractivity contribution in [2.45, 2.75) is 25.8 Å². The predicted molar refractivity (Wildman–Crippen MR) is 96.9 cm³/mol. The summed E-state index contributed by atoms with van der Waals surface area (Å²) >= 11 is 9.95. The molecule has 1 aromatic heterocycles. The number of fused-ring (bicyclic) bond motifs is 1. The van der Waals surface area contributed by atoms with Crippen LogP contribution in [0.15, 0.2) is 12.1 Å². The molecule has 1 aliphatic heterocycles. The Hall–Kier alpha value is -0.0100. The highest BCUT2D eigenvalue weighted by Crippen LogP contribution is 2.28. The van der Waals surface area contributed by atoms with E-state index in [4.69, 9.17) is 11.6 Å². The van der Waals surface area contributed by atoms with Crippen LogP contribution in [0.3, 0.4) is 0 Å². The van der Waals surface area contributed by atoms with Gasteiger partial charge >= 0.3 is 0 Å². The van der Waals surface area contributed by atoms with Crippen LogP contribution < -0.4 is 0 Å². The van der Waals surface area contributed by atoms with Crippen LogP contribution in [0.25, 0.3) is 11.0 Å². The van der Waals surface area contributed by atoms with E-state index < -0.39 is 0 Å². The number of alkyl halides is 1. The van der Waals surface area contributed by atoms with Crippen LogP contribution in [-0.2, 0) is 13.0 Å². The Balaban J connectivity index is 2.00. The van der Waals surface area contributed by atoms with Gasteiger partial charge in [0.25, 0.3) is 0 Å². The molecule has 0 radical (unpaired) electrons. The van der Waals surface area contributed by atoms with Gasteiger partial charge in [-0.3, -0.25) is 0 Å². The molecule has 6 heteroatoms. The zero-order chi connectivity index (χ0) is 14.8. The van der Waals surface area contributed by atoms with Crippen LogP contribution in [-0.4, -0.2) is 26.9 Å². The molecule has 1 fully saturated rings. The molecular formula is C15H17ClFIN2S. The Morgan fingerprint density at radius 3 is 2.86 bits per heavy atom. The summed E-state index contributed by atoms with van der Waals surface area (Å²) in [6.07, 6.45) is 3.20. The average molecular weight is 439 g/mol. The van der Waals surface area contributed by atoms with Crippen molar-refractivity contribution in [2.24, 2.45) is 5.92 Å². The van der Waals surface area contributed by atoms with Gasteiger partial charge in [-0.2, -0.15) is 11.8 Å². The van der Waals surface area contributed by atoms with Gasteiger partial charge in [-0.1, -0.05) is 0 Å². The molecule has 1 aliphatic rings. The third-order valence-corrected chi connectivity index (χ3v) is 6.03. The number of nitrogens with zero attached hydrogens (tertiary/aromatic N) is 2. The second-order valence-corrected chi connectivity index (χ2v) is 8.15. The van der Waals surface area contributed by atoms with Gasteiger partial charge in [0.2, 0.25) is 0 Å². The van der Waals surface area contributed by atoms with E-state index in [9.17, 15) is 4.39 Å². The van der Waals surface area contributed by atoms with Crippen molar-refractivity contribution in [2.75, 3.05) is 17.4 Å². The molecule has 0 N–H and O–H groups in total. The number of hydrogen-bond donors (Lipinski definition) is 0. The number of halogens is 3. The predicted octanol–water partition coefficient (Wildman–Crippen LogP) is 4.70. The minimum atomic E-state index is -0.166. The minimum absolute atomic E-state index is 0.166. The first-order valence-electron chi connectivity index (χ1n) is 7.17. The lowest BCUT2D eigenvalue weighted by Gasteiger charge is -2.23. The highest BCUT2D eigenvalue weighted by molar-refractivity contribution is 14.1. The van der Waals surface area contributed by atoms with Crippen LogP contribution >= 0.6 is 46.0 Å². The zero-order valence-electron chi connectivity index (χ0n) is 11.6. The van der Waals surface area contributed by atoms with Crippen LogP contribution in [0.1, 0.15) is 18.7 Å². The second kappa shape index (κ2) is 7.04. The van der Waals surface area contributed by atoms with Crippen LogP contribution in [0, 0.1) is 15.3 Å². The number of aromatic nitrogens is 2. The Kier molecular flexibility index (Phi) is 5.32. The lowest BCUT2D eigenvalue weighted by atomic mass is 10.0. The maximum atomic E-state index is 13.9. The molecule has 0 bridgehead atoms. The van der Waals surface area contributed by atoms with Crippen LogP contribution in [0.4, 0.5) is 4.39 Å². The van der Waals surface area contributed by atoms with Crippen LogP contribution in [0.5, 0.6) is 0 Å². The van der Waals surface area contributed by atoms with E-state index in [2.05, 4.69) is 9.55 Å². The number of benzene rings is 1. The normalized spacial score (nSPS) is 16.7. The zero-order valence-corrected chi connectivity index (χ0v) is 15.3. The molecule has 3 rings (SSSR count). The molecule has 21 heavy (non-hydrogen) atoms. The largest absolute Gasteiger partial charge is 0.328 e. The van der Waals surface area contributed by atoms with Crippen molar-refractivity contribution in [3.63, 3.8) is 0 Å². The highest BCUT2D eigenvalue weighted by atomic mass is 127. The SMILES string of the molecule is Fc1cc2c(cc1I)nc(CCCl)n2CC1CCSCC1. The van der Waals surface area contributed by atoms with E-state index in [-0.39, 0.29) is 5.82 Å². The fourth-order valence-corrected chi connectivity index (χ4v) is 4.66. The van der Waals surface area contributed by atoms with Crippen molar-refractivity contribution in [3.8, 4) is 0 Å². The van der Waals surface area contributed by atoms with Gasteiger partial charge in [-0.15, -0.1) is 11.6 Å². The molecule has 0 aliphatic carbocycles. The van der Waals surface area contributed by atoms with E-state index in [1.165, 1.54) is 24.3 Å². The van der Waals surface area contributed by atoms with Crippen molar-refractivity contribution in [1.29, 1.82) is 0 Å². The highest BCUT2D eigenvalue weighted by Gasteiger charge is 2.19. The van der Waals surface area contributed by atoms with Gasteiger partial charge in [0, 0.05) is 24.9 Å². The van der Waals surface area contributed by atoms with E-state index in [0.29, 0.717) is 15.4 Å². The molecule has 0 amide bonds. The van der Waals surface area contributed by atoms with Gasteiger partial charge in [-0.05, 0) is 58.9 Å². The summed E-state index contributed by atoms with van der Waals surface area (Å²) < 4.78 is 16.7. The lowest BCUT2D eigenvalue weighted by Crippen LogP contribution is -2.18. The summed E-state index contributed by atoms with van der Waals surface area (Å²) in [5.41, 5.74) is 1.79. The molecule has 0 saturated carbocycles. The van der Waals surface area contributed by atoms with Gasteiger partial charge < -0.3 is 4.57 Å². The average Bonchev–Trinajstić information content (AvgIpc) is 2.79. The first kappa shape index (κ1) is 15.9. The number of rotatable bonds is 4. The van der Waals surface area contributed by atoms with Gasteiger partial charge in [-0.25, -0.2) is 9.37 Å². The molecule has 1 saturated heterocycles. The minimum Gasteiger partial charge on any atom is -0.328 e. The number of hydrogen-bond acceptors (Lipinski definition) is 2. The third-order valence-electron chi connectivity index (χ3n) is 3.97.